The molecular weight excluding hydrogens is 110 g/mol. The second-order valence-corrected chi connectivity index (χ2v) is 3.36. The van der Waals surface area contributed by atoms with Gasteiger partial charge >= 0.3 is 0 Å². The van der Waals surface area contributed by atoms with Gasteiger partial charge in [-0.3, -0.25) is 0 Å². The highest BCUT2D eigenvalue weighted by Gasteiger charge is 2.15. The van der Waals surface area contributed by atoms with E-state index in [9.17, 15) is 0 Å². The summed E-state index contributed by atoms with van der Waals surface area (Å²) in [6.45, 7) is 3.25. The average molecular weight is 127 g/mol. The number of rotatable bonds is 1. The molecule has 0 aromatic carbocycles. The van der Waals surface area contributed by atoms with Crippen molar-refractivity contribution in [2.45, 2.75) is 32.6 Å². The molecule has 0 radical (unpaired) electrons. The Kier molecular flexibility index (Phi) is 2.52. The monoisotopic (exact) mass is 127 g/mol. The van der Waals surface area contributed by atoms with Crippen molar-refractivity contribution in [2.24, 2.45) is 17.6 Å². The minimum Gasteiger partial charge on any atom is -0.330 e. The fourth-order valence-corrected chi connectivity index (χ4v) is 1.56. The van der Waals surface area contributed by atoms with Crippen LogP contribution >= 0.6 is 0 Å². The summed E-state index contributed by atoms with van der Waals surface area (Å²) in [5.41, 5.74) is 5.55. The van der Waals surface area contributed by atoms with Crippen molar-refractivity contribution < 1.29 is 0 Å². The molecule has 54 valence electrons. The highest BCUT2D eigenvalue weighted by atomic mass is 14.5. The van der Waals surface area contributed by atoms with Crippen LogP contribution < -0.4 is 5.73 Å². The zero-order valence-corrected chi connectivity index (χ0v) is 6.27. The van der Waals surface area contributed by atoms with E-state index in [0.29, 0.717) is 0 Å². The molecule has 9 heavy (non-hydrogen) atoms. The van der Waals surface area contributed by atoms with Crippen LogP contribution in [0, 0.1) is 11.8 Å². The van der Waals surface area contributed by atoms with Crippen LogP contribution in [0.2, 0.25) is 0 Å². The standard InChI is InChI=1S/C8H17N/c1-7-2-4-8(6-9)5-3-7/h7-8H,2-6,9H2,1H3. The maximum Gasteiger partial charge on any atom is -0.00489 e. The Labute approximate surface area is 57.6 Å². The SMILES string of the molecule is CC1CCC(CN)CC1. The Morgan fingerprint density at radius 1 is 1.22 bits per heavy atom. The molecule has 1 rings (SSSR count). The summed E-state index contributed by atoms with van der Waals surface area (Å²) in [7, 11) is 0. The van der Waals surface area contributed by atoms with Crippen LogP contribution in [-0.2, 0) is 0 Å². The van der Waals surface area contributed by atoms with Crippen molar-refractivity contribution in [3.05, 3.63) is 0 Å². The zero-order valence-electron chi connectivity index (χ0n) is 6.27. The van der Waals surface area contributed by atoms with Gasteiger partial charge in [0.2, 0.25) is 0 Å². The maximum absolute atomic E-state index is 5.55. The van der Waals surface area contributed by atoms with Crippen molar-refractivity contribution in [3.63, 3.8) is 0 Å². The molecule has 0 unspecified atom stereocenters. The first-order chi connectivity index (χ1) is 4.33. The zero-order chi connectivity index (χ0) is 6.69. The summed E-state index contributed by atoms with van der Waals surface area (Å²) in [5, 5.41) is 0. The highest BCUT2D eigenvalue weighted by molar-refractivity contribution is 4.69. The van der Waals surface area contributed by atoms with Gasteiger partial charge in [0.05, 0.1) is 0 Å². The minimum absolute atomic E-state index is 0.848. The van der Waals surface area contributed by atoms with Gasteiger partial charge in [-0.25, -0.2) is 0 Å². The van der Waals surface area contributed by atoms with Crippen LogP contribution in [-0.4, -0.2) is 6.54 Å². The lowest BCUT2D eigenvalue weighted by molar-refractivity contribution is 0.296. The molecule has 0 aromatic heterocycles. The lowest BCUT2D eigenvalue weighted by Crippen LogP contribution is -2.20. The van der Waals surface area contributed by atoms with Crippen LogP contribution in [0.15, 0.2) is 0 Å². The van der Waals surface area contributed by atoms with Crippen molar-refractivity contribution in [1.82, 2.24) is 0 Å². The number of nitrogens with two attached hydrogens (primary N) is 1. The molecule has 0 aromatic rings. The third-order valence-corrected chi connectivity index (χ3v) is 2.47. The highest BCUT2D eigenvalue weighted by Crippen LogP contribution is 2.26. The lowest BCUT2D eigenvalue weighted by atomic mass is 9.83. The van der Waals surface area contributed by atoms with E-state index in [-0.39, 0.29) is 0 Å². The Balaban J connectivity index is 2.18. The molecule has 1 heteroatoms. The van der Waals surface area contributed by atoms with Crippen LogP contribution in [0.25, 0.3) is 0 Å². The first kappa shape index (κ1) is 7.07. The molecule has 1 aliphatic rings. The Hall–Kier alpha value is -0.0400. The van der Waals surface area contributed by atoms with Gasteiger partial charge in [0.15, 0.2) is 0 Å². The van der Waals surface area contributed by atoms with Gasteiger partial charge in [0.25, 0.3) is 0 Å². The van der Waals surface area contributed by atoms with Gasteiger partial charge in [-0.15, -0.1) is 0 Å². The average Bonchev–Trinajstić information content (AvgIpc) is 1.90. The van der Waals surface area contributed by atoms with E-state index >= 15 is 0 Å². The Morgan fingerprint density at radius 3 is 2.22 bits per heavy atom. The molecule has 1 fully saturated rings. The van der Waals surface area contributed by atoms with E-state index in [0.717, 1.165) is 18.4 Å². The maximum atomic E-state index is 5.55. The molecule has 0 aliphatic heterocycles. The van der Waals surface area contributed by atoms with Crippen molar-refractivity contribution in [2.75, 3.05) is 6.54 Å². The van der Waals surface area contributed by atoms with Gasteiger partial charge in [0, 0.05) is 0 Å². The van der Waals surface area contributed by atoms with Gasteiger partial charge in [-0.2, -0.15) is 0 Å². The fourth-order valence-electron chi connectivity index (χ4n) is 1.56. The van der Waals surface area contributed by atoms with E-state index in [1.165, 1.54) is 25.7 Å². The molecule has 0 atom stereocenters. The molecule has 1 saturated carbocycles. The topological polar surface area (TPSA) is 26.0 Å². The lowest BCUT2D eigenvalue weighted by Gasteiger charge is -2.24. The van der Waals surface area contributed by atoms with E-state index in [4.69, 9.17) is 5.73 Å². The number of hydrogen-bond acceptors (Lipinski definition) is 1. The van der Waals surface area contributed by atoms with E-state index in [1.807, 2.05) is 0 Å². The number of hydrogen-bond donors (Lipinski definition) is 1. The molecule has 1 aliphatic carbocycles. The third kappa shape index (κ3) is 1.98. The van der Waals surface area contributed by atoms with Gasteiger partial charge < -0.3 is 5.73 Å². The van der Waals surface area contributed by atoms with Crippen LogP contribution in [0.4, 0.5) is 0 Å². The largest absolute Gasteiger partial charge is 0.330 e. The predicted octanol–water partition coefficient (Wildman–Crippen LogP) is 1.77. The summed E-state index contributed by atoms with van der Waals surface area (Å²) in [6, 6.07) is 0. The van der Waals surface area contributed by atoms with Crippen molar-refractivity contribution in [3.8, 4) is 0 Å². The van der Waals surface area contributed by atoms with E-state index < -0.39 is 0 Å². The summed E-state index contributed by atoms with van der Waals surface area (Å²) in [6.07, 6.45) is 5.55. The smallest absolute Gasteiger partial charge is 0.00489 e. The molecule has 1 nitrogen and oxygen atoms in total. The summed E-state index contributed by atoms with van der Waals surface area (Å²) >= 11 is 0. The van der Waals surface area contributed by atoms with Crippen LogP contribution in [0.5, 0.6) is 0 Å². The molecular formula is C8H17N. The van der Waals surface area contributed by atoms with E-state index in [1.54, 1.807) is 0 Å². The van der Waals surface area contributed by atoms with Crippen LogP contribution in [0.3, 0.4) is 0 Å². The molecule has 0 bridgehead atoms. The predicted molar refractivity (Wildman–Crippen MR) is 40.2 cm³/mol. The van der Waals surface area contributed by atoms with E-state index in [2.05, 4.69) is 6.92 Å². The van der Waals surface area contributed by atoms with Crippen LogP contribution in [0.1, 0.15) is 32.6 Å². The second-order valence-electron chi connectivity index (χ2n) is 3.36. The quantitative estimate of drug-likeness (QED) is 0.570. The third-order valence-electron chi connectivity index (χ3n) is 2.47. The normalized spacial score (nSPS) is 36.7. The molecule has 2 N–H and O–H groups in total. The van der Waals surface area contributed by atoms with Gasteiger partial charge in [-0.05, 0) is 31.2 Å². The first-order valence-corrected chi connectivity index (χ1v) is 4.03. The van der Waals surface area contributed by atoms with Crippen molar-refractivity contribution >= 4 is 0 Å². The summed E-state index contributed by atoms with van der Waals surface area (Å²) < 4.78 is 0. The summed E-state index contributed by atoms with van der Waals surface area (Å²) in [5.74, 6) is 1.81. The Bertz CT molecular complexity index is 72.6. The van der Waals surface area contributed by atoms with Gasteiger partial charge in [0.1, 0.15) is 0 Å². The molecule has 0 spiro atoms. The second kappa shape index (κ2) is 3.21. The fraction of sp³-hybridized carbons (Fsp3) is 1.00. The molecule has 0 saturated heterocycles. The molecule has 0 amide bonds. The van der Waals surface area contributed by atoms with Crippen molar-refractivity contribution in [1.29, 1.82) is 0 Å². The molecule has 0 heterocycles. The minimum atomic E-state index is 0.848. The Morgan fingerprint density at radius 2 is 1.78 bits per heavy atom. The summed E-state index contributed by atoms with van der Waals surface area (Å²) in [4.78, 5) is 0. The first-order valence-electron chi connectivity index (χ1n) is 4.03. The van der Waals surface area contributed by atoms with Gasteiger partial charge in [-0.1, -0.05) is 19.8 Å².